The topological polar surface area (TPSA) is 73.6 Å². The second kappa shape index (κ2) is 5.22. The van der Waals surface area contributed by atoms with Crippen molar-refractivity contribution in [2.45, 2.75) is 19.1 Å². The van der Waals surface area contributed by atoms with E-state index in [-0.39, 0.29) is 18.8 Å². The van der Waals surface area contributed by atoms with Crippen LogP contribution in [0.2, 0.25) is 0 Å². The van der Waals surface area contributed by atoms with Gasteiger partial charge >= 0.3 is 6.09 Å². The predicted octanol–water partition coefficient (Wildman–Crippen LogP) is 1.33. The summed E-state index contributed by atoms with van der Waals surface area (Å²) in [6.45, 7) is 2.35. The van der Waals surface area contributed by atoms with Gasteiger partial charge < -0.3 is 20.5 Å². The van der Waals surface area contributed by atoms with E-state index < -0.39 is 11.9 Å². The lowest BCUT2D eigenvalue weighted by Gasteiger charge is -2.15. The second-order valence-electron chi connectivity index (χ2n) is 4.19. The zero-order chi connectivity index (χ0) is 13.1. The van der Waals surface area contributed by atoms with E-state index in [4.69, 9.17) is 15.2 Å². The van der Waals surface area contributed by atoms with Gasteiger partial charge in [0.05, 0.1) is 6.54 Å². The number of benzene rings is 1. The maximum atomic E-state index is 13.2. The molecule has 2 atom stereocenters. The summed E-state index contributed by atoms with van der Waals surface area (Å²) in [7, 11) is 0. The van der Waals surface area contributed by atoms with Gasteiger partial charge in [0, 0.05) is 17.7 Å². The highest BCUT2D eigenvalue weighted by atomic mass is 19.1. The molecule has 1 aliphatic rings. The number of carbonyl (C=O) groups excluding carboxylic acids is 1. The molecule has 1 aliphatic heterocycles. The summed E-state index contributed by atoms with van der Waals surface area (Å²) in [5.41, 5.74) is 6.49. The van der Waals surface area contributed by atoms with Crippen molar-refractivity contribution in [1.29, 1.82) is 0 Å². The number of nitrogens with one attached hydrogen (secondary N) is 1. The van der Waals surface area contributed by atoms with Crippen molar-refractivity contribution in [1.82, 2.24) is 5.32 Å². The highest BCUT2D eigenvalue weighted by Crippen LogP contribution is 2.25. The number of carbonyl (C=O) groups is 1. The summed E-state index contributed by atoms with van der Waals surface area (Å²) in [6, 6.07) is 3.95. The van der Waals surface area contributed by atoms with Gasteiger partial charge in [-0.25, -0.2) is 9.18 Å². The third-order valence-electron chi connectivity index (χ3n) is 2.64. The molecule has 1 amide bonds. The maximum absolute atomic E-state index is 13.2. The van der Waals surface area contributed by atoms with Gasteiger partial charge in [-0.3, -0.25) is 0 Å². The maximum Gasteiger partial charge on any atom is 0.407 e. The molecule has 1 aromatic carbocycles. The van der Waals surface area contributed by atoms with E-state index in [0.29, 0.717) is 17.9 Å². The van der Waals surface area contributed by atoms with Crippen LogP contribution in [-0.4, -0.2) is 25.3 Å². The number of nitrogens with two attached hydrogens (primary N) is 1. The molecule has 1 fully saturated rings. The first-order valence-electron chi connectivity index (χ1n) is 5.68. The van der Waals surface area contributed by atoms with Gasteiger partial charge in [-0.1, -0.05) is 6.07 Å². The van der Waals surface area contributed by atoms with Crippen LogP contribution in [0.5, 0.6) is 5.75 Å². The fraction of sp³-hybridized carbons (Fsp3) is 0.417. The van der Waals surface area contributed by atoms with Crippen molar-refractivity contribution < 1.29 is 18.7 Å². The highest BCUT2D eigenvalue weighted by molar-refractivity contribution is 5.69. The monoisotopic (exact) mass is 254 g/mol. The Hall–Kier alpha value is -1.82. The summed E-state index contributed by atoms with van der Waals surface area (Å²) in [5.74, 6) is -0.0103. The Morgan fingerprint density at radius 1 is 1.67 bits per heavy atom. The Bertz CT molecular complexity index is 451. The van der Waals surface area contributed by atoms with Crippen molar-refractivity contribution >= 4 is 6.09 Å². The van der Waals surface area contributed by atoms with Crippen LogP contribution in [0.4, 0.5) is 9.18 Å². The average Bonchev–Trinajstić information content (AvgIpc) is 2.72. The number of alkyl carbamates (subject to hydrolysis) is 1. The fourth-order valence-electron chi connectivity index (χ4n) is 1.72. The van der Waals surface area contributed by atoms with Gasteiger partial charge in [0.2, 0.25) is 0 Å². The summed E-state index contributed by atoms with van der Waals surface area (Å²) in [5, 5.41) is 2.51. The largest absolute Gasteiger partial charge is 0.489 e. The van der Waals surface area contributed by atoms with Crippen LogP contribution < -0.4 is 15.8 Å². The Morgan fingerprint density at radius 2 is 2.44 bits per heavy atom. The number of halogens is 1. The summed E-state index contributed by atoms with van der Waals surface area (Å²) in [4.78, 5) is 10.8. The van der Waals surface area contributed by atoms with Gasteiger partial charge in [0.1, 0.15) is 18.2 Å². The van der Waals surface area contributed by atoms with E-state index in [1.807, 2.05) is 0 Å². The van der Waals surface area contributed by atoms with Crippen LogP contribution in [-0.2, 0) is 4.74 Å². The molecule has 1 heterocycles. The lowest BCUT2D eigenvalue weighted by atomic mass is 10.1. The van der Waals surface area contributed by atoms with E-state index in [0.717, 1.165) is 0 Å². The first-order valence-corrected chi connectivity index (χ1v) is 5.68. The van der Waals surface area contributed by atoms with Gasteiger partial charge in [-0.05, 0) is 13.0 Å². The minimum Gasteiger partial charge on any atom is -0.489 e. The Morgan fingerprint density at radius 3 is 3.06 bits per heavy atom. The normalized spacial score (nSPS) is 20.2. The van der Waals surface area contributed by atoms with Crippen molar-refractivity contribution in [2.24, 2.45) is 5.73 Å². The van der Waals surface area contributed by atoms with Crippen molar-refractivity contribution in [3.05, 3.63) is 29.6 Å². The van der Waals surface area contributed by atoms with Gasteiger partial charge in [0.25, 0.3) is 0 Å². The van der Waals surface area contributed by atoms with Gasteiger partial charge in [0.15, 0.2) is 6.10 Å². The first kappa shape index (κ1) is 12.6. The Labute approximate surface area is 104 Å². The average molecular weight is 254 g/mol. The molecule has 6 heteroatoms. The van der Waals surface area contributed by atoms with Crippen LogP contribution in [0.15, 0.2) is 18.2 Å². The molecule has 0 saturated carbocycles. The smallest absolute Gasteiger partial charge is 0.407 e. The number of hydrogen-bond acceptors (Lipinski definition) is 4. The minimum absolute atomic E-state index is 0.169. The molecule has 0 radical (unpaired) electrons. The Balaban J connectivity index is 2.03. The number of cyclic esters (lactones) is 1. The minimum atomic E-state index is -0.463. The molecule has 2 rings (SSSR count). The van der Waals surface area contributed by atoms with Crippen molar-refractivity contribution in [3.63, 3.8) is 0 Å². The van der Waals surface area contributed by atoms with E-state index in [1.54, 1.807) is 13.0 Å². The summed E-state index contributed by atoms with van der Waals surface area (Å²) in [6.07, 6.45) is -0.822. The third kappa shape index (κ3) is 2.89. The van der Waals surface area contributed by atoms with Gasteiger partial charge in [-0.2, -0.15) is 0 Å². The third-order valence-corrected chi connectivity index (χ3v) is 2.64. The first-order chi connectivity index (χ1) is 8.56. The molecular weight excluding hydrogens is 239 g/mol. The molecule has 2 unspecified atom stereocenters. The Kier molecular flexibility index (Phi) is 3.66. The van der Waals surface area contributed by atoms with E-state index in [2.05, 4.69) is 5.32 Å². The lowest BCUT2D eigenvalue weighted by Crippen LogP contribution is -2.22. The number of rotatable bonds is 4. The van der Waals surface area contributed by atoms with Crippen LogP contribution in [0.1, 0.15) is 18.5 Å². The highest BCUT2D eigenvalue weighted by Gasteiger charge is 2.23. The molecular formula is C12H15FN2O3. The second-order valence-corrected chi connectivity index (χ2v) is 4.19. The predicted molar refractivity (Wildman–Crippen MR) is 62.8 cm³/mol. The molecule has 0 aromatic heterocycles. The van der Waals surface area contributed by atoms with Crippen LogP contribution in [0.25, 0.3) is 0 Å². The zero-order valence-electron chi connectivity index (χ0n) is 9.98. The van der Waals surface area contributed by atoms with Crippen LogP contribution >= 0.6 is 0 Å². The van der Waals surface area contributed by atoms with Crippen LogP contribution in [0, 0.1) is 5.82 Å². The standard InChI is InChI=1S/C12H15FN2O3/c1-7(14)10-3-2-8(13)4-11(10)17-6-9-5-15-12(16)18-9/h2-4,7,9H,5-6,14H2,1H3,(H,15,16). The molecule has 5 nitrogen and oxygen atoms in total. The van der Waals surface area contributed by atoms with Crippen molar-refractivity contribution in [3.8, 4) is 5.75 Å². The van der Waals surface area contributed by atoms with E-state index in [1.165, 1.54) is 12.1 Å². The number of ether oxygens (including phenoxy) is 2. The SMILES string of the molecule is CC(N)c1ccc(F)cc1OCC1CNC(=O)O1. The number of amides is 1. The molecule has 1 saturated heterocycles. The lowest BCUT2D eigenvalue weighted by molar-refractivity contribution is 0.104. The van der Waals surface area contributed by atoms with Crippen LogP contribution in [0.3, 0.4) is 0 Å². The molecule has 3 N–H and O–H groups in total. The fourth-order valence-corrected chi connectivity index (χ4v) is 1.72. The molecule has 98 valence electrons. The molecule has 0 aliphatic carbocycles. The summed E-state index contributed by atoms with van der Waals surface area (Å²) >= 11 is 0. The molecule has 0 spiro atoms. The summed E-state index contributed by atoms with van der Waals surface area (Å²) < 4.78 is 23.5. The molecule has 0 bridgehead atoms. The van der Waals surface area contributed by atoms with Crippen molar-refractivity contribution in [2.75, 3.05) is 13.2 Å². The van der Waals surface area contributed by atoms with E-state index in [9.17, 15) is 9.18 Å². The van der Waals surface area contributed by atoms with E-state index >= 15 is 0 Å². The zero-order valence-corrected chi connectivity index (χ0v) is 9.98. The molecule has 18 heavy (non-hydrogen) atoms. The quantitative estimate of drug-likeness (QED) is 0.850. The molecule has 1 aromatic rings. The van der Waals surface area contributed by atoms with Gasteiger partial charge in [-0.15, -0.1) is 0 Å². The number of hydrogen-bond donors (Lipinski definition) is 2.